The maximum Gasteiger partial charge on any atom is 0.195 e. The smallest absolute Gasteiger partial charge is 0.195 e. The van der Waals surface area contributed by atoms with Gasteiger partial charge in [0.15, 0.2) is 11.6 Å². The third kappa shape index (κ3) is 1.80. The van der Waals surface area contributed by atoms with Crippen LogP contribution in [-0.4, -0.2) is 16.5 Å². The summed E-state index contributed by atoms with van der Waals surface area (Å²) in [6, 6.07) is 5.51. The predicted molar refractivity (Wildman–Crippen MR) is 52.5 cm³/mol. The molecule has 0 aliphatic carbocycles. The Balaban J connectivity index is 2.31. The first-order valence-electron chi connectivity index (χ1n) is 4.46. The lowest BCUT2D eigenvalue weighted by atomic mass is 10.3. The van der Waals surface area contributed by atoms with Crippen LogP contribution in [-0.2, 0) is 6.42 Å². The van der Waals surface area contributed by atoms with Crippen LogP contribution in [0.25, 0.3) is 11.6 Å². The molecule has 0 saturated carbocycles. The van der Waals surface area contributed by atoms with E-state index in [0.29, 0.717) is 18.1 Å². The van der Waals surface area contributed by atoms with Gasteiger partial charge in [0.2, 0.25) is 0 Å². The van der Waals surface area contributed by atoms with E-state index >= 15 is 0 Å². The van der Waals surface area contributed by atoms with E-state index in [4.69, 9.17) is 10.2 Å². The number of hydrogen-bond acceptors (Lipinski definition) is 4. The van der Waals surface area contributed by atoms with E-state index in [1.165, 1.54) is 0 Å². The van der Waals surface area contributed by atoms with Crippen molar-refractivity contribution in [3.05, 3.63) is 36.4 Å². The molecule has 0 fully saturated rings. The summed E-state index contributed by atoms with van der Waals surface area (Å²) in [6.07, 6.45) is 4.08. The van der Waals surface area contributed by atoms with Gasteiger partial charge in [0, 0.05) is 18.3 Å². The number of nitrogens with two attached hydrogens (primary N) is 1. The van der Waals surface area contributed by atoms with Gasteiger partial charge in [-0.25, -0.2) is 9.97 Å². The average molecular weight is 189 g/mol. The lowest BCUT2D eigenvalue weighted by Gasteiger charge is -1.99. The first kappa shape index (κ1) is 8.90. The quantitative estimate of drug-likeness (QED) is 0.788. The van der Waals surface area contributed by atoms with Gasteiger partial charge in [0.1, 0.15) is 0 Å². The van der Waals surface area contributed by atoms with Gasteiger partial charge in [-0.3, -0.25) is 0 Å². The van der Waals surface area contributed by atoms with E-state index in [2.05, 4.69) is 9.97 Å². The molecule has 72 valence electrons. The lowest BCUT2D eigenvalue weighted by molar-refractivity contribution is 0.576. The summed E-state index contributed by atoms with van der Waals surface area (Å²) in [5.41, 5.74) is 6.38. The highest BCUT2D eigenvalue weighted by Gasteiger charge is 2.03. The highest BCUT2D eigenvalue weighted by atomic mass is 16.3. The highest BCUT2D eigenvalue weighted by molar-refractivity contribution is 5.45. The van der Waals surface area contributed by atoms with Crippen LogP contribution in [0.1, 0.15) is 5.69 Å². The summed E-state index contributed by atoms with van der Waals surface area (Å²) in [5.74, 6) is 1.30. The molecule has 0 spiro atoms. The largest absolute Gasteiger partial charge is 0.461 e. The van der Waals surface area contributed by atoms with Crippen LogP contribution in [0.15, 0.2) is 35.1 Å². The van der Waals surface area contributed by atoms with E-state index in [1.54, 1.807) is 12.5 Å². The molecule has 0 bridgehead atoms. The molecular formula is C10H11N3O. The normalized spacial score (nSPS) is 10.4. The molecule has 0 saturated heterocycles. The van der Waals surface area contributed by atoms with E-state index in [1.807, 2.05) is 18.2 Å². The van der Waals surface area contributed by atoms with Gasteiger partial charge in [-0.05, 0) is 24.7 Å². The number of rotatable bonds is 3. The van der Waals surface area contributed by atoms with Crippen molar-refractivity contribution in [2.45, 2.75) is 6.42 Å². The summed E-state index contributed by atoms with van der Waals surface area (Å²) in [7, 11) is 0. The van der Waals surface area contributed by atoms with Crippen molar-refractivity contribution in [3.8, 4) is 11.6 Å². The lowest BCUT2D eigenvalue weighted by Crippen LogP contribution is -2.05. The Labute approximate surface area is 81.8 Å². The minimum atomic E-state index is 0.592. The van der Waals surface area contributed by atoms with E-state index in [-0.39, 0.29) is 0 Å². The standard InChI is InChI=1S/C10H11N3O/c11-5-3-8-4-6-12-10(13-8)9-2-1-7-14-9/h1-2,4,6-7H,3,5,11H2. The fraction of sp³-hybridized carbons (Fsp3) is 0.200. The molecule has 4 nitrogen and oxygen atoms in total. The Morgan fingerprint density at radius 1 is 1.36 bits per heavy atom. The second kappa shape index (κ2) is 4.02. The van der Waals surface area contributed by atoms with Crippen LogP contribution >= 0.6 is 0 Å². The van der Waals surface area contributed by atoms with Crippen LogP contribution in [0.4, 0.5) is 0 Å². The molecule has 0 amide bonds. The first-order chi connectivity index (χ1) is 6.90. The maximum absolute atomic E-state index is 5.45. The molecule has 0 unspecified atom stereocenters. The third-order valence-electron chi connectivity index (χ3n) is 1.86. The topological polar surface area (TPSA) is 64.9 Å². The van der Waals surface area contributed by atoms with Crippen molar-refractivity contribution in [2.24, 2.45) is 5.73 Å². The van der Waals surface area contributed by atoms with Gasteiger partial charge in [-0.2, -0.15) is 0 Å². The van der Waals surface area contributed by atoms with Gasteiger partial charge >= 0.3 is 0 Å². The van der Waals surface area contributed by atoms with E-state index in [9.17, 15) is 0 Å². The van der Waals surface area contributed by atoms with Crippen molar-refractivity contribution >= 4 is 0 Å². The Hall–Kier alpha value is -1.68. The molecule has 4 heteroatoms. The second-order valence-electron chi connectivity index (χ2n) is 2.89. The SMILES string of the molecule is NCCc1ccnc(-c2ccco2)n1. The van der Waals surface area contributed by atoms with Crippen LogP contribution in [0, 0.1) is 0 Å². The summed E-state index contributed by atoms with van der Waals surface area (Å²) in [4.78, 5) is 8.44. The fourth-order valence-electron chi connectivity index (χ4n) is 1.21. The van der Waals surface area contributed by atoms with E-state index < -0.39 is 0 Å². The minimum Gasteiger partial charge on any atom is -0.461 e. The second-order valence-corrected chi connectivity index (χ2v) is 2.89. The molecule has 2 aromatic rings. The summed E-state index contributed by atoms with van der Waals surface area (Å²) < 4.78 is 5.20. The molecule has 2 rings (SSSR count). The summed E-state index contributed by atoms with van der Waals surface area (Å²) in [5, 5.41) is 0. The van der Waals surface area contributed by atoms with Crippen molar-refractivity contribution < 1.29 is 4.42 Å². The zero-order chi connectivity index (χ0) is 9.80. The molecule has 2 aromatic heterocycles. The molecule has 2 N–H and O–H groups in total. The van der Waals surface area contributed by atoms with Crippen molar-refractivity contribution in [1.29, 1.82) is 0 Å². The van der Waals surface area contributed by atoms with Crippen LogP contribution < -0.4 is 5.73 Å². The summed E-state index contributed by atoms with van der Waals surface area (Å²) in [6.45, 7) is 0.592. The van der Waals surface area contributed by atoms with Gasteiger partial charge in [0.05, 0.1) is 6.26 Å². The molecular weight excluding hydrogens is 178 g/mol. The summed E-state index contributed by atoms with van der Waals surface area (Å²) >= 11 is 0. The van der Waals surface area contributed by atoms with Gasteiger partial charge in [-0.1, -0.05) is 0 Å². The van der Waals surface area contributed by atoms with Crippen LogP contribution in [0.3, 0.4) is 0 Å². The first-order valence-corrected chi connectivity index (χ1v) is 4.46. The minimum absolute atomic E-state index is 0.592. The van der Waals surface area contributed by atoms with Gasteiger partial charge in [-0.15, -0.1) is 0 Å². The average Bonchev–Trinajstić information content (AvgIpc) is 2.71. The zero-order valence-corrected chi connectivity index (χ0v) is 7.68. The molecule has 0 aliphatic heterocycles. The Bertz CT molecular complexity index is 398. The van der Waals surface area contributed by atoms with E-state index in [0.717, 1.165) is 12.1 Å². The number of nitrogens with zero attached hydrogens (tertiary/aromatic N) is 2. The molecule has 14 heavy (non-hydrogen) atoms. The fourth-order valence-corrected chi connectivity index (χ4v) is 1.21. The Morgan fingerprint density at radius 3 is 3.00 bits per heavy atom. The molecule has 0 aliphatic rings. The van der Waals surface area contributed by atoms with Crippen molar-refractivity contribution in [3.63, 3.8) is 0 Å². The molecule has 2 heterocycles. The van der Waals surface area contributed by atoms with Gasteiger partial charge in [0.25, 0.3) is 0 Å². The molecule has 0 atom stereocenters. The zero-order valence-electron chi connectivity index (χ0n) is 7.68. The Kier molecular flexibility index (Phi) is 2.55. The van der Waals surface area contributed by atoms with Crippen molar-refractivity contribution in [2.75, 3.05) is 6.54 Å². The van der Waals surface area contributed by atoms with Crippen LogP contribution in [0.2, 0.25) is 0 Å². The monoisotopic (exact) mass is 189 g/mol. The predicted octanol–water partition coefficient (Wildman–Crippen LogP) is 1.24. The van der Waals surface area contributed by atoms with Crippen LogP contribution in [0.5, 0.6) is 0 Å². The molecule has 0 aromatic carbocycles. The number of furan rings is 1. The Morgan fingerprint density at radius 2 is 2.29 bits per heavy atom. The third-order valence-corrected chi connectivity index (χ3v) is 1.86. The van der Waals surface area contributed by atoms with Crippen molar-refractivity contribution in [1.82, 2.24) is 9.97 Å². The maximum atomic E-state index is 5.45. The molecule has 0 radical (unpaired) electrons. The van der Waals surface area contributed by atoms with Gasteiger partial charge < -0.3 is 10.2 Å². The highest BCUT2D eigenvalue weighted by Crippen LogP contribution is 2.14. The number of aromatic nitrogens is 2. The number of hydrogen-bond donors (Lipinski definition) is 1.